The number of benzene rings is 1. The lowest BCUT2D eigenvalue weighted by atomic mass is 9.86. The molecule has 1 amide bonds. The summed E-state index contributed by atoms with van der Waals surface area (Å²) in [4.78, 5) is 12.4. The summed E-state index contributed by atoms with van der Waals surface area (Å²) in [5.74, 6) is -0.786. The minimum absolute atomic E-state index is 0.0402. The van der Waals surface area contributed by atoms with Gasteiger partial charge in [-0.1, -0.05) is 61.9 Å². The molecule has 0 saturated carbocycles. The van der Waals surface area contributed by atoms with Gasteiger partial charge >= 0.3 is 6.18 Å². The molecule has 32 heavy (non-hydrogen) atoms. The number of nitrogens with zero attached hydrogens (tertiary/aromatic N) is 1. The molecule has 0 radical (unpaired) electrons. The van der Waals surface area contributed by atoms with Crippen LogP contribution in [0.25, 0.3) is 5.57 Å². The number of nitriles is 1. The lowest BCUT2D eigenvalue weighted by molar-refractivity contribution is -0.164. The van der Waals surface area contributed by atoms with Crippen LogP contribution in [-0.2, 0) is 14.6 Å². The second-order valence-electron chi connectivity index (χ2n) is 7.65. The number of carbonyl (C=O) groups is 1. The van der Waals surface area contributed by atoms with Crippen molar-refractivity contribution < 1.29 is 26.4 Å². The largest absolute Gasteiger partial charge is 0.405 e. The molecule has 1 aliphatic carbocycles. The number of carbonyl (C=O) groups excluding carboxylic acids is 1. The molecule has 1 aliphatic rings. The number of alkyl halides is 3. The van der Waals surface area contributed by atoms with E-state index >= 15 is 0 Å². The van der Waals surface area contributed by atoms with Crippen LogP contribution in [0.5, 0.6) is 0 Å². The third kappa shape index (κ3) is 5.78. The number of hydrogen-bond acceptors (Lipinski definition) is 5. The molecule has 0 aliphatic heterocycles. The summed E-state index contributed by atoms with van der Waals surface area (Å²) in [6.07, 6.45) is -0.266. The molecule has 0 fully saturated rings. The highest BCUT2D eigenvalue weighted by Gasteiger charge is 2.58. The molecule has 1 aromatic carbocycles. The Bertz CT molecular complexity index is 1010. The van der Waals surface area contributed by atoms with Crippen LogP contribution in [0.4, 0.5) is 13.2 Å². The van der Waals surface area contributed by atoms with Crippen molar-refractivity contribution in [3.8, 4) is 6.07 Å². The monoisotopic (exact) mass is 469 g/mol. The molecule has 0 saturated heterocycles. The molecule has 0 spiro atoms. The predicted octanol–water partition coefficient (Wildman–Crippen LogP) is 3.14. The molecule has 0 aromatic heterocycles. The van der Waals surface area contributed by atoms with Crippen LogP contribution in [0.3, 0.4) is 0 Å². The first-order valence-corrected chi connectivity index (χ1v) is 12.0. The zero-order chi connectivity index (χ0) is 24.0. The van der Waals surface area contributed by atoms with E-state index in [1.165, 1.54) is 12.2 Å². The van der Waals surface area contributed by atoms with E-state index in [9.17, 15) is 26.4 Å². The molecule has 10 heteroatoms. The Morgan fingerprint density at radius 2 is 1.94 bits per heavy atom. The fourth-order valence-electron chi connectivity index (χ4n) is 3.73. The van der Waals surface area contributed by atoms with Gasteiger partial charge in [-0.25, -0.2) is 8.42 Å². The normalized spacial score (nSPS) is 20.7. The quantitative estimate of drug-likeness (QED) is 0.542. The van der Waals surface area contributed by atoms with Gasteiger partial charge in [0, 0.05) is 6.26 Å². The summed E-state index contributed by atoms with van der Waals surface area (Å²) in [5.41, 5.74) is 1.37. The predicted molar refractivity (Wildman–Crippen MR) is 116 cm³/mol. The lowest BCUT2D eigenvalue weighted by Gasteiger charge is -2.41. The third-order valence-electron chi connectivity index (χ3n) is 5.40. The molecular formula is C22H26F3N3O3S. The van der Waals surface area contributed by atoms with Gasteiger partial charge in [-0.15, -0.1) is 0 Å². The van der Waals surface area contributed by atoms with Gasteiger partial charge in [0.1, 0.15) is 17.3 Å². The standard InChI is InChI=1S/C22H26F3N3O3S/c1-3-7-18(19(29)27-15-14-26)28-20(22(23,24)25)21(32(2,30)31)12-10-17(11-13-21)16-8-5-4-6-9-16/h4-6,8-12,18,20,28H,3,7,13,15H2,1-2H3,(H,27,29)/t18-,20-,21?/m0/s1. The summed E-state index contributed by atoms with van der Waals surface area (Å²) in [6, 6.07) is 6.76. The van der Waals surface area contributed by atoms with Gasteiger partial charge < -0.3 is 5.32 Å². The molecule has 2 N–H and O–H groups in total. The Balaban J connectivity index is 2.48. The van der Waals surface area contributed by atoms with Gasteiger partial charge in [0.2, 0.25) is 5.91 Å². The van der Waals surface area contributed by atoms with Gasteiger partial charge in [-0.3, -0.25) is 10.1 Å². The van der Waals surface area contributed by atoms with Crippen LogP contribution in [0, 0.1) is 11.3 Å². The molecule has 0 bridgehead atoms. The van der Waals surface area contributed by atoms with Crippen LogP contribution < -0.4 is 10.6 Å². The van der Waals surface area contributed by atoms with Crippen molar-refractivity contribution in [3.05, 3.63) is 54.1 Å². The Morgan fingerprint density at radius 3 is 2.41 bits per heavy atom. The number of hydrogen-bond donors (Lipinski definition) is 2. The van der Waals surface area contributed by atoms with E-state index in [-0.39, 0.29) is 13.0 Å². The average Bonchev–Trinajstić information content (AvgIpc) is 2.74. The molecule has 1 unspecified atom stereocenters. The second-order valence-corrected chi connectivity index (χ2v) is 9.95. The van der Waals surface area contributed by atoms with Crippen LogP contribution >= 0.6 is 0 Å². The number of halogens is 3. The smallest absolute Gasteiger partial charge is 0.342 e. The van der Waals surface area contributed by atoms with Crippen LogP contribution in [-0.4, -0.2) is 50.1 Å². The van der Waals surface area contributed by atoms with Gasteiger partial charge in [-0.2, -0.15) is 18.4 Å². The lowest BCUT2D eigenvalue weighted by Crippen LogP contribution is -2.65. The van der Waals surface area contributed by atoms with E-state index in [1.54, 1.807) is 43.3 Å². The Kier molecular flexibility index (Phi) is 8.26. The molecule has 2 rings (SSSR count). The van der Waals surface area contributed by atoms with Crippen LogP contribution in [0.2, 0.25) is 0 Å². The number of allylic oxidation sites excluding steroid dienone is 3. The number of sulfone groups is 1. The maximum absolute atomic E-state index is 14.3. The highest BCUT2D eigenvalue weighted by atomic mass is 32.2. The van der Waals surface area contributed by atoms with E-state index in [2.05, 4.69) is 10.6 Å². The highest BCUT2D eigenvalue weighted by molar-refractivity contribution is 7.92. The van der Waals surface area contributed by atoms with E-state index in [0.717, 1.165) is 17.9 Å². The first-order valence-electron chi connectivity index (χ1n) is 10.1. The third-order valence-corrected chi connectivity index (χ3v) is 7.32. The maximum Gasteiger partial charge on any atom is 0.405 e. The van der Waals surface area contributed by atoms with Crippen molar-refractivity contribution >= 4 is 21.3 Å². The highest BCUT2D eigenvalue weighted by Crippen LogP contribution is 2.41. The van der Waals surface area contributed by atoms with E-state index in [4.69, 9.17) is 5.26 Å². The zero-order valence-corrected chi connectivity index (χ0v) is 18.6. The number of amides is 1. The van der Waals surface area contributed by atoms with E-state index in [1.807, 2.05) is 0 Å². The first kappa shape index (κ1) is 25.6. The van der Waals surface area contributed by atoms with E-state index in [0.29, 0.717) is 12.0 Å². The zero-order valence-electron chi connectivity index (χ0n) is 17.8. The molecule has 1 aromatic rings. The van der Waals surface area contributed by atoms with Crippen molar-refractivity contribution in [2.45, 2.75) is 49.2 Å². The molecule has 0 heterocycles. The molecule has 174 valence electrons. The fourth-order valence-corrected chi connectivity index (χ4v) is 5.06. The average molecular weight is 470 g/mol. The van der Waals surface area contributed by atoms with Gasteiger partial charge in [-0.05, 0) is 24.0 Å². The molecular weight excluding hydrogens is 443 g/mol. The number of nitrogens with one attached hydrogen (secondary N) is 2. The van der Waals surface area contributed by atoms with Crippen LogP contribution in [0.1, 0.15) is 31.7 Å². The van der Waals surface area contributed by atoms with E-state index < -0.39 is 45.2 Å². The summed E-state index contributed by atoms with van der Waals surface area (Å²) in [6.45, 7) is 1.33. The van der Waals surface area contributed by atoms with Crippen molar-refractivity contribution in [1.82, 2.24) is 10.6 Å². The summed E-state index contributed by atoms with van der Waals surface area (Å²) >= 11 is 0. The summed E-state index contributed by atoms with van der Waals surface area (Å²) in [5, 5.41) is 13.2. The minimum atomic E-state index is -4.97. The van der Waals surface area contributed by atoms with Crippen molar-refractivity contribution in [2.75, 3.05) is 12.8 Å². The minimum Gasteiger partial charge on any atom is -0.342 e. The van der Waals surface area contributed by atoms with Crippen molar-refractivity contribution in [1.29, 1.82) is 5.26 Å². The SMILES string of the molecule is CCC[C@H](N[C@H](C(F)(F)F)C1(S(C)(=O)=O)C=CC(c2ccccc2)=CC1)C(=O)NCC#N. The summed E-state index contributed by atoms with van der Waals surface area (Å²) < 4.78 is 65.9. The molecule has 3 atom stereocenters. The van der Waals surface area contributed by atoms with Gasteiger partial charge in [0.15, 0.2) is 9.84 Å². The van der Waals surface area contributed by atoms with Gasteiger partial charge in [0.25, 0.3) is 0 Å². The second kappa shape index (κ2) is 10.3. The van der Waals surface area contributed by atoms with Gasteiger partial charge in [0.05, 0.1) is 12.1 Å². The summed E-state index contributed by atoms with van der Waals surface area (Å²) in [7, 11) is -4.28. The fraction of sp³-hybridized carbons (Fsp3) is 0.455. The Labute approximate surface area is 186 Å². The van der Waals surface area contributed by atoms with Crippen molar-refractivity contribution in [2.24, 2.45) is 0 Å². The molecule has 6 nitrogen and oxygen atoms in total. The number of rotatable bonds is 9. The maximum atomic E-state index is 14.3. The Hall–Kier alpha value is -2.64. The van der Waals surface area contributed by atoms with Crippen molar-refractivity contribution in [3.63, 3.8) is 0 Å². The Morgan fingerprint density at radius 1 is 1.28 bits per heavy atom. The first-order chi connectivity index (χ1) is 15.0. The topological polar surface area (TPSA) is 99.1 Å². The van der Waals surface area contributed by atoms with Crippen LogP contribution in [0.15, 0.2) is 48.6 Å².